The Labute approximate surface area is 107 Å². The Morgan fingerprint density at radius 3 is 2.75 bits per heavy atom. The molecule has 0 aromatic heterocycles. The first kappa shape index (κ1) is 13.1. The topological polar surface area (TPSA) is 23.1 Å². The minimum atomic E-state index is -0.594. The molecule has 1 saturated carbocycles. The molecule has 1 heterocycles. The standard InChI is InChI=1S/C13H24OS2/c1-10(2)12-6-5-11(3)9-13(12)15-7-4-8-16(13)14/h10-12H,4-9H2,1-3H3. The van der Waals surface area contributed by atoms with Gasteiger partial charge in [-0.05, 0) is 35.9 Å². The average Bonchev–Trinajstić information content (AvgIpc) is 2.22. The van der Waals surface area contributed by atoms with Gasteiger partial charge in [0.25, 0.3) is 0 Å². The summed E-state index contributed by atoms with van der Waals surface area (Å²) in [6, 6.07) is 0. The molecule has 0 N–H and O–H groups in total. The van der Waals surface area contributed by atoms with Gasteiger partial charge in [-0.1, -0.05) is 20.8 Å². The second kappa shape index (κ2) is 5.11. The van der Waals surface area contributed by atoms with E-state index in [9.17, 15) is 4.55 Å². The number of rotatable bonds is 1. The van der Waals surface area contributed by atoms with Gasteiger partial charge in [0.1, 0.15) is 5.75 Å². The third-order valence-corrected chi connectivity index (χ3v) is 8.44. The molecule has 1 aliphatic heterocycles. The van der Waals surface area contributed by atoms with Gasteiger partial charge in [-0.3, -0.25) is 0 Å². The van der Waals surface area contributed by atoms with Crippen LogP contribution in [0.5, 0.6) is 0 Å². The Morgan fingerprint density at radius 2 is 2.12 bits per heavy atom. The lowest BCUT2D eigenvalue weighted by atomic mass is 9.76. The Hall–Kier alpha value is 0.660. The molecular weight excluding hydrogens is 236 g/mol. The summed E-state index contributed by atoms with van der Waals surface area (Å²) in [6.45, 7) is 6.97. The predicted octanol–water partition coefficient (Wildman–Crippen LogP) is 3.66. The monoisotopic (exact) mass is 260 g/mol. The summed E-state index contributed by atoms with van der Waals surface area (Å²) in [7, 11) is 0. The van der Waals surface area contributed by atoms with E-state index in [1.54, 1.807) is 0 Å². The van der Waals surface area contributed by atoms with Crippen LogP contribution in [-0.4, -0.2) is 20.1 Å². The van der Waals surface area contributed by atoms with Crippen LogP contribution < -0.4 is 0 Å². The van der Waals surface area contributed by atoms with Crippen LogP contribution >= 0.6 is 11.8 Å². The van der Waals surface area contributed by atoms with Crippen molar-refractivity contribution in [3.8, 4) is 0 Å². The smallest absolute Gasteiger partial charge is 0.173 e. The molecule has 0 radical (unpaired) electrons. The van der Waals surface area contributed by atoms with Gasteiger partial charge in [-0.2, -0.15) is 0 Å². The first-order valence-electron chi connectivity index (χ1n) is 6.58. The van der Waals surface area contributed by atoms with Crippen LogP contribution in [0.4, 0.5) is 0 Å². The normalized spacial score (nSPS) is 45.2. The summed E-state index contributed by atoms with van der Waals surface area (Å²) in [5.41, 5.74) is 0. The van der Waals surface area contributed by atoms with E-state index in [-0.39, 0.29) is 4.08 Å². The van der Waals surface area contributed by atoms with Crippen molar-refractivity contribution in [3.63, 3.8) is 0 Å². The average molecular weight is 260 g/mol. The molecule has 2 rings (SSSR count). The lowest BCUT2D eigenvalue weighted by Gasteiger charge is -2.49. The SMILES string of the molecule is CC1CCC(C(C)C)C2(C1)SCCC[S+]2[O-]. The molecule has 3 heteroatoms. The number of hydrogen-bond donors (Lipinski definition) is 0. The van der Waals surface area contributed by atoms with Gasteiger partial charge < -0.3 is 4.55 Å². The van der Waals surface area contributed by atoms with E-state index < -0.39 is 11.2 Å². The van der Waals surface area contributed by atoms with Gasteiger partial charge in [0, 0.05) is 24.5 Å². The number of thioether (sulfide) groups is 1. The van der Waals surface area contributed by atoms with Crippen molar-refractivity contribution in [2.45, 2.75) is 50.5 Å². The third kappa shape index (κ3) is 2.28. The van der Waals surface area contributed by atoms with Gasteiger partial charge in [-0.25, -0.2) is 0 Å². The van der Waals surface area contributed by atoms with E-state index in [2.05, 4.69) is 20.8 Å². The van der Waals surface area contributed by atoms with Crippen molar-refractivity contribution in [2.75, 3.05) is 11.5 Å². The van der Waals surface area contributed by atoms with Gasteiger partial charge >= 0.3 is 0 Å². The molecule has 0 bridgehead atoms. The largest absolute Gasteiger partial charge is 0.615 e. The molecule has 4 unspecified atom stereocenters. The summed E-state index contributed by atoms with van der Waals surface area (Å²) in [5.74, 6) is 4.30. The van der Waals surface area contributed by atoms with Gasteiger partial charge in [0.05, 0.1) is 0 Å². The lowest BCUT2D eigenvalue weighted by Crippen LogP contribution is -2.51. The second-order valence-electron chi connectivity index (χ2n) is 5.80. The Bertz CT molecular complexity index is 244. The summed E-state index contributed by atoms with van der Waals surface area (Å²) < 4.78 is 12.6. The van der Waals surface area contributed by atoms with Crippen LogP contribution in [-0.2, 0) is 11.2 Å². The molecule has 0 amide bonds. The fraction of sp³-hybridized carbons (Fsp3) is 1.00. The maximum atomic E-state index is 12.5. The number of hydrogen-bond acceptors (Lipinski definition) is 2. The summed E-state index contributed by atoms with van der Waals surface area (Å²) >= 11 is 1.44. The van der Waals surface area contributed by atoms with Crippen molar-refractivity contribution in [2.24, 2.45) is 17.8 Å². The van der Waals surface area contributed by atoms with Crippen LogP contribution in [0, 0.1) is 17.8 Å². The lowest BCUT2D eigenvalue weighted by molar-refractivity contribution is 0.218. The fourth-order valence-electron chi connectivity index (χ4n) is 3.37. The minimum absolute atomic E-state index is 0.115. The molecule has 4 atom stereocenters. The molecular formula is C13H24OS2. The quantitative estimate of drug-likeness (QED) is 0.672. The third-order valence-electron chi connectivity index (χ3n) is 4.18. The van der Waals surface area contributed by atoms with E-state index in [1.807, 2.05) is 11.8 Å². The van der Waals surface area contributed by atoms with E-state index >= 15 is 0 Å². The van der Waals surface area contributed by atoms with Gasteiger partial charge in [0.15, 0.2) is 4.08 Å². The van der Waals surface area contributed by atoms with Crippen LogP contribution in [0.1, 0.15) is 46.5 Å². The van der Waals surface area contributed by atoms with Crippen molar-refractivity contribution in [1.29, 1.82) is 0 Å². The van der Waals surface area contributed by atoms with Crippen LogP contribution in [0.15, 0.2) is 0 Å². The first-order chi connectivity index (χ1) is 7.56. The highest BCUT2D eigenvalue weighted by atomic mass is 32.3. The zero-order valence-corrected chi connectivity index (χ0v) is 12.3. The molecule has 1 spiro atoms. The highest BCUT2D eigenvalue weighted by Crippen LogP contribution is 2.54. The Morgan fingerprint density at radius 1 is 1.38 bits per heavy atom. The van der Waals surface area contributed by atoms with Crippen molar-refractivity contribution < 1.29 is 4.55 Å². The molecule has 2 fully saturated rings. The summed E-state index contributed by atoms with van der Waals surface area (Å²) in [5, 5.41) is 0. The van der Waals surface area contributed by atoms with E-state index in [0.717, 1.165) is 18.1 Å². The summed E-state index contributed by atoms with van der Waals surface area (Å²) in [6.07, 6.45) is 4.96. The van der Waals surface area contributed by atoms with E-state index in [0.29, 0.717) is 11.8 Å². The zero-order chi connectivity index (χ0) is 11.8. The van der Waals surface area contributed by atoms with Crippen molar-refractivity contribution in [3.05, 3.63) is 0 Å². The first-order valence-corrected chi connectivity index (χ1v) is 8.89. The highest BCUT2D eigenvalue weighted by Gasteiger charge is 2.54. The zero-order valence-electron chi connectivity index (χ0n) is 10.7. The predicted molar refractivity (Wildman–Crippen MR) is 74.2 cm³/mol. The van der Waals surface area contributed by atoms with Crippen LogP contribution in [0.25, 0.3) is 0 Å². The molecule has 94 valence electrons. The fourth-order valence-corrected chi connectivity index (χ4v) is 8.16. The molecule has 1 aliphatic carbocycles. The van der Waals surface area contributed by atoms with Gasteiger partial charge in [-0.15, -0.1) is 11.8 Å². The molecule has 1 nitrogen and oxygen atoms in total. The van der Waals surface area contributed by atoms with Crippen molar-refractivity contribution >= 4 is 22.9 Å². The molecule has 2 aliphatic rings. The Kier molecular flexibility index (Phi) is 4.19. The minimum Gasteiger partial charge on any atom is -0.615 e. The molecule has 0 aromatic rings. The summed E-state index contributed by atoms with van der Waals surface area (Å²) in [4.78, 5) is 0. The van der Waals surface area contributed by atoms with Crippen molar-refractivity contribution in [1.82, 2.24) is 0 Å². The molecule has 1 saturated heterocycles. The van der Waals surface area contributed by atoms with Crippen LogP contribution in [0.3, 0.4) is 0 Å². The maximum Gasteiger partial charge on any atom is 0.173 e. The van der Waals surface area contributed by atoms with E-state index in [1.165, 1.54) is 25.0 Å². The highest BCUT2D eigenvalue weighted by molar-refractivity contribution is 8.15. The van der Waals surface area contributed by atoms with E-state index in [4.69, 9.17) is 0 Å². The molecule has 16 heavy (non-hydrogen) atoms. The second-order valence-corrected chi connectivity index (χ2v) is 9.31. The molecule has 0 aromatic carbocycles. The van der Waals surface area contributed by atoms with Crippen LogP contribution in [0.2, 0.25) is 0 Å². The maximum absolute atomic E-state index is 12.5. The Balaban J connectivity index is 2.23. The van der Waals surface area contributed by atoms with Gasteiger partial charge in [0.2, 0.25) is 0 Å².